The lowest BCUT2D eigenvalue weighted by molar-refractivity contribution is -0.00362. The summed E-state index contributed by atoms with van der Waals surface area (Å²) in [6, 6.07) is 9.51. The molecule has 0 aromatic heterocycles. The minimum Gasteiger partial charge on any atom is -0.475 e. The second-order valence-corrected chi connectivity index (χ2v) is 4.74. The summed E-state index contributed by atoms with van der Waals surface area (Å²) in [5, 5.41) is 8.76. The average Bonchev–Trinajstić information content (AvgIpc) is 2.42. The first kappa shape index (κ1) is 12.9. The molecule has 3 nitrogen and oxygen atoms in total. The standard InChI is InChI=1S/C15H20N2O/c1-2-10-17-11-4-3-5-15(17)18-14-8-6-13(12-16)7-9-14/h6-9,15H,2-5,10-11H2,1H3. The number of nitrogens with zero attached hydrogens (tertiary/aromatic N) is 2. The van der Waals surface area contributed by atoms with Gasteiger partial charge < -0.3 is 4.74 Å². The van der Waals surface area contributed by atoms with Crippen LogP contribution in [-0.2, 0) is 0 Å². The quantitative estimate of drug-likeness (QED) is 0.816. The van der Waals surface area contributed by atoms with E-state index in [9.17, 15) is 0 Å². The van der Waals surface area contributed by atoms with Crippen molar-refractivity contribution in [2.45, 2.75) is 38.8 Å². The Bertz CT molecular complexity index is 405. The fourth-order valence-corrected chi connectivity index (χ4v) is 2.40. The van der Waals surface area contributed by atoms with Crippen molar-refractivity contribution >= 4 is 0 Å². The molecule has 0 saturated carbocycles. The number of rotatable bonds is 4. The molecular weight excluding hydrogens is 224 g/mol. The van der Waals surface area contributed by atoms with Crippen molar-refractivity contribution in [3.8, 4) is 11.8 Å². The van der Waals surface area contributed by atoms with E-state index in [0.717, 1.165) is 31.7 Å². The zero-order valence-electron chi connectivity index (χ0n) is 10.9. The van der Waals surface area contributed by atoms with Crippen LogP contribution >= 0.6 is 0 Å². The highest BCUT2D eigenvalue weighted by Crippen LogP contribution is 2.22. The van der Waals surface area contributed by atoms with E-state index in [1.165, 1.54) is 12.8 Å². The van der Waals surface area contributed by atoms with Gasteiger partial charge in [0.05, 0.1) is 11.6 Å². The molecule has 1 aromatic rings. The molecule has 0 aliphatic carbocycles. The largest absolute Gasteiger partial charge is 0.475 e. The van der Waals surface area contributed by atoms with Crippen molar-refractivity contribution in [1.29, 1.82) is 5.26 Å². The van der Waals surface area contributed by atoms with Crippen molar-refractivity contribution in [2.24, 2.45) is 0 Å². The van der Waals surface area contributed by atoms with Crippen LogP contribution in [0, 0.1) is 11.3 Å². The molecule has 1 aliphatic heterocycles. The smallest absolute Gasteiger partial charge is 0.152 e. The first-order chi connectivity index (χ1) is 8.83. The summed E-state index contributed by atoms with van der Waals surface area (Å²) in [6.07, 6.45) is 4.97. The van der Waals surface area contributed by atoms with Gasteiger partial charge in [0.2, 0.25) is 0 Å². The van der Waals surface area contributed by atoms with Crippen LogP contribution in [0.25, 0.3) is 0 Å². The number of likely N-dealkylation sites (tertiary alicyclic amines) is 1. The summed E-state index contributed by atoms with van der Waals surface area (Å²) in [4.78, 5) is 2.42. The molecule has 1 atom stereocenters. The van der Waals surface area contributed by atoms with Crippen molar-refractivity contribution in [3.05, 3.63) is 29.8 Å². The predicted octanol–water partition coefficient (Wildman–Crippen LogP) is 3.16. The third-order valence-corrected chi connectivity index (χ3v) is 3.32. The Morgan fingerprint density at radius 3 is 2.78 bits per heavy atom. The van der Waals surface area contributed by atoms with Crippen LogP contribution in [0.5, 0.6) is 5.75 Å². The van der Waals surface area contributed by atoms with Crippen molar-refractivity contribution in [3.63, 3.8) is 0 Å². The number of hydrogen-bond acceptors (Lipinski definition) is 3. The van der Waals surface area contributed by atoms with Crippen LogP contribution in [0.3, 0.4) is 0 Å². The lowest BCUT2D eigenvalue weighted by Gasteiger charge is -2.35. The molecule has 18 heavy (non-hydrogen) atoms. The molecule has 0 amide bonds. The number of piperidine rings is 1. The molecular formula is C15H20N2O. The van der Waals surface area contributed by atoms with E-state index in [2.05, 4.69) is 17.9 Å². The minimum atomic E-state index is 0.201. The first-order valence-corrected chi connectivity index (χ1v) is 6.74. The number of nitriles is 1. The van der Waals surface area contributed by atoms with Gasteiger partial charge in [-0.3, -0.25) is 4.90 Å². The van der Waals surface area contributed by atoms with Crippen molar-refractivity contribution in [1.82, 2.24) is 4.90 Å². The van der Waals surface area contributed by atoms with Gasteiger partial charge in [0.1, 0.15) is 5.75 Å². The second-order valence-electron chi connectivity index (χ2n) is 4.74. The number of benzene rings is 1. The monoisotopic (exact) mass is 244 g/mol. The van der Waals surface area contributed by atoms with Gasteiger partial charge in [0, 0.05) is 13.1 Å². The Hall–Kier alpha value is -1.53. The molecule has 2 rings (SSSR count). The van der Waals surface area contributed by atoms with E-state index < -0.39 is 0 Å². The lowest BCUT2D eigenvalue weighted by atomic mass is 10.1. The number of hydrogen-bond donors (Lipinski definition) is 0. The molecule has 1 fully saturated rings. The maximum absolute atomic E-state index is 8.76. The molecule has 0 N–H and O–H groups in total. The Kier molecular flexibility index (Phi) is 4.60. The summed E-state index contributed by atoms with van der Waals surface area (Å²) in [5.41, 5.74) is 0.677. The Labute approximate surface area is 109 Å². The van der Waals surface area contributed by atoms with Gasteiger partial charge in [-0.05, 0) is 49.9 Å². The van der Waals surface area contributed by atoms with Crippen LogP contribution in [0.15, 0.2) is 24.3 Å². The Balaban J connectivity index is 1.99. The van der Waals surface area contributed by atoms with E-state index in [1.807, 2.05) is 24.3 Å². The van der Waals surface area contributed by atoms with E-state index in [1.54, 1.807) is 0 Å². The van der Waals surface area contributed by atoms with Gasteiger partial charge in [-0.25, -0.2) is 0 Å². The van der Waals surface area contributed by atoms with E-state index in [4.69, 9.17) is 10.00 Å². The first-order valence-electron chi connectivity index (χ1n) is 6.74. The highest BCUT2D eigenvalue weighted by atomic mass is 16.5. The third-order valence-electron chi connectivity index (χ3n) is 3.32. The van der Waals surface area contributed by atoms with E-state index in [-0.39, 0.29) is 6.23 Å². The maximum atomic E-state index is 8.76. The summed E-state index contributed by atoms with van der Waals surface area (Å²) >= 11 is 0. The summed E-state index contributed by atoms with van der Waals surface area (Å²) in [6.45, 7) is 4.43. The summed E-state index contributed by atoms with van der Waals surface area (Å²) in [5.74, 6) is 0.863. The van der Waals surface area contributed by atoms with Crippen LogP contribution < -0.4 is 4.74 Å². The van der Waals surface area contributed by atoms with Crippen LogP contribution in [0.1, 0.15) is 38.2 Å². The Morgan fingerprint density at radius 1 is 1.33 bits per heavy atom. The zero-order valence-corrected chi connectivity index (χ0v) is 10.9. The third kappa shape index (κ3) is 3.24. The second kappa shape index (κ2) is 6.42. The van der Waals surface area contributed by atoms with Gasteiger partial charge in [0.25, 0.3) is 0 Å². The average molecular weight is 244 g/mol. The van der Waals surface area contributed by atoms with Gasteiger partial charge >= 0.3 is 0 Å². The van der Waals surface area contributed by atoms with Gasteiger partial charge in [-0.15, -0.1) is 0 Å². The SMILES string of the molecule is CCCN1CCCCC1Oc1ccc(C#N)cc1. The van der Waals surface area contributed by atoms with Gasteiger partial charge in [-0.1, -0.05) is 6.92 Å². The molecule has 0 bridgehead atoms. The Morgan fingerprint density at radius 2 is 2.11 bits per heavy atom. The molecule has 1 heterocycles. The molecule has 1 aliphatic rings. The highest BCUT2D eigenvalue weighted by molar-refractivity contribution is 5.34. The lowest BCUT2D eigenvalue weighted by Crippen LogP contribution is -2.43. The van der Waals surface area contributed by atoms with Crippen molar-refractivity contribution < 1.29 is 4.74 Å². The van der Waals surface area contributed by atoms with Gasteiger partial charge in [-0.2, -0.15) is 5.26 Å². The van der Waals surface area contributed by atoms with Gasteiger partial charge in [0.15, 0.2) is 6.23 Å². The molecule has 1 unspecified atom stereocenters. The zero-order chi connectivity index (χ0) is 12.8. The molecule has 0 radical (unpaired) electrons. The highest BCUT2D eigenvalue weighted by Gasteiger charge is 2.22. The van der Waals surface area contributed by atoms with Crippen molar-refractivity contribution in [2.75, 3.05) is 13.1 Å². The fraction of sp³-hybridized carbons (Fsp3) is 0.533. The maximum Gasteiger partial charge on any atom is 0.152 e. The normalized spacial score (nSPS) is 20.3. The van der Waals surface area contributed by atoms with E-state index in [0.29, 0.717) is 5.56 Å². The molecule has 1 aromatic carbocycles. The van der Waals surface area contributed by atoms with Crippen LogP contribution in [0.2, 0.25) is 0 Å². The number of ether oxygens (including phenoxy) is 1. The van der Waals surface area contributed by atoms with E-state index >= 15 is 0 Å². The summed E-state index contributed by atoms with van der Waals surface area (Å²) < 4.78 is 6.04. The fourth-order valence-electron chi connectivity index (χ4n) is 2.40. The van der Waals surface area contributed by atoms with Crippen LogP contribution in [0.4, 0.5) is 0 Å². The molecule has 96 valence electrons. The predicted molar refractivity (Wildman–Crippen MR) is 71.3 cm³/mol. The molecule has 1 saturated heterocycles. The molecule has 3 heteroatoms. The van der Waals surface area contributed by atoms with Crippen LogP contribution in [-0.4, -0.2) is 24.2 Å². The topological polar surface area (TPSA) is 36.3 Å². The summed E-state index contributed by atoms with van der Waals surface area (Å²) in [7, 11) is 0. The minimum absolute atomic E-state index is 0.201. The molecule has 0 spiro atoms.